The van der Waals surface area contributed by atoms with E-state index in [1.54, 1.807) is 19.1 Å². The molecule has 1 rings (SSSR count). The van der Waals surface area contributed by atoms with Crippen LogP contribution in [0.15, 0.2) is 16.6 Å². The van der Waals surface area contributed by atoms with Crippen molar-refractivity contribution in [2.24, 2.45) is 0 Å². The van der Waals surface area contributed by atoms with Gasteiger partial charge in [-0.05, 0) is 40.5 Å². The third-order valence-corrected chi connectivity index (χ3v) is 2.76. The van der Waals surface area contributed by atoms with E-state index in [2.05, 4.69) is 21.2 Å². The first kappa shape index (κ1) is 13.5. The molecule has 1 aromatic carbocycles. The summed E-state index contributed by atoms with van der Waals surface area (Å²) in [6.45, 7) is 1.36. The van der Waals surface area contributed by atoms with Crippen LogP contribution < -0.4 is 10.1 Å². The van der Waals surface area contributed by atoms with E-state index in [9.17, 15) is 9.59 Å². The van der Waals surface area contributed by atoms with Crippen LogP contribution in [0.5, 0.6) is 5.75 Å². The predicted molar refractivity (Wildman–Crippen MR) is 65.4 cm³/mol. The van der Waals surface area contributed by atoms with Gasteiger partial charge < -0.3 is 15.2 Å². The van der Waals surface area contributed by atoms with E-state index in [1.807, 2.05) is 0 Å². The van der Waals surface area contributed by atoms with E-state index in [-0.39, 0.29) is 0 Å². The number of hydrogen-bond donors (Lipinski definition) is 2. The van der Waals surface area contributed by atoms with Crippen LogP contribution in [0.25, 0.3) is 0 Å². The molecule has 0 fully saturated rings. The minimum absolute atomic E-state index is 0.395. The van der Waals surface area contributed by atoms with Gasteiger partial charge >= 0.3 is 5.97 Å². The van der Waals surface area contributed by atoms with Crippen LogP contribution >= 0.6 is 15.9 Å². The predicted octanol–water partition coefficient (Wildman–Crippen LogP) is 1.58. The number of halogens is 1. The first-order valence-electron chi connectivity index (χ1n) is 4.80. The van der Waals surface area contributed by atoms with Crippen molar-refractivity contribution in [3.8, 4) is 5.75 Å². The Morgan fingerprint density at radius 1 is 1.47 bits per heavy atom. The van der Waals surface area contributed by atoms with Crippen molar-refractivity contribution in [3.63, 3.8) is 0 Å². The number of carbonyl (C=O) groups excluding carboxylic acids is 1. The van der Waals surface area contributed by atoms with Gasteiger partial charge in [-0.25, -0.2) is 0 Å². The molecule has 1 amide bonds. The van der Waals surface area contributed by atoms with Gasteiger partial charge in [0.1, 0.15) is 12.3 Å². The average Bonchev–Trinajstić information content (AvgIpc) is 2.26. The molecule has 0 aliphatic rings. The third-order valence-electron chi connectivity index (χ3n) is 2.14. The molecule has 0 atom stereocenters. The highest BCUT2D eigenvalue weighted by Crippen LogP contribution is 2.28. The number of methoxy groups -OCH3 is 1. The summed E-state index contributed by atoms with van der Waals surface area (Å²) in [5.41, 5.74) is 1.13. The lowest BCUT2D eigenvalue weighted by Crippen LogP contribution is -2.29. The number of benzene rings is 1. The van der Waals surface area contributed by atoms with E-state index in [1.165, 1.54) is 7.11 Å². The first-order chi connectivity index (χ1) is 7.95. The van der Waals surface area contributed by atoms with Gasteiger partial charge in [0.2, 0.25) is 0 Å². The Morgan fingerprint density at radius 2 is 2.12 bits per heavy atom. The number of aryl methyl sites for hydroxylation is 1. The van der Waals surface area contributed by atoms with E-state index in [4.69, 9.17) is 9.84 Å². The topological polar surface area (TPSA) is 75.6 Å². The molecule has 5 nitrogen and oxygen atoms in total. The number of ether oxygens (including phenoxy) is 1. The maximum Gasteiger partial charge on any atom is 0.322 e. The monoisotopic (exact) mass is 301 g/mol. The molecule has 0 aliphatic heterocycles. The molecular formula is C11H12BrNO4. The van der Waals surface area contributed by atoms with Gasteiger partial charge in [-0.2, -0.15) is 0 Å². The van der Waals surface area contributed by atoms with Crippen molar-refractivity contribution in [2.45, 2.75) is 6.92 Å². The molecule has 0 unspecified atom stereocenters. The van der Waals surface area contributed by atoms with Crippen LogP contribution in [0.4, 0.5) is 0 Å². The summed E-state index contributed by atoms with van der Waals surface area (Å²) in [5.74, 6) is -0.994. The van der Waals surface area contributed by atoms with Crippen molar-refractivity contribution in [3.05, 3.63) is 27.7 Å². The summed E-state index contributed by atoms with van der Waals surface area (Å²) in [4.78, 5) is 22.1. The zero-order chi connectivity index (χ0) is 13.0. The number of amides is 1. The number of carboxylic acids is 1. The van der Waals surface area contributed by atoms with Crippen LogP contribution in [-0.4, -0.2) is 30.6 Å². The zero-order valence-electron chi connectivity index (χ0n) is 9.41. The van der Waals surface area contributed by atoms with Crippen molar-refractivity contribution in [2.75, 3.05) is 13.7 Å². The van der Waals surface area contributed by atoms with Crippen molar-refractivity contribution in [1.82, 2.24) is 5.32 Å². The summed E-state index contributed by atoms with van der Waals surface area (Å²) in [5, 5.41) is 10.8. The number of hydrogen-bond acceptors (Lipinski definition) is 3. The van der Waals surface area contributed by atoms with Gasteiger partial charge in [-0.15, -0.1) is 0 Å². The Kier molecular flexibility index (Phi) is 4.51. The van der Waals surface area contributed by atoms with Crippen LogP contribution in [0.1, 0.15) is 15.9 Å². The summed E-state index contributed by atoms with van der Waals surface area (Å²) >= 11 is 3.30. The lowest BCUT2D eigenvalue weighted by Gasteiger charge is -2.10. The molecule has 0 radical (unpaired) electrons. The molecule has 0 spiro atoms. The number of carboxylic acid groups (broad SMARTS) is 1. The van der Waals surface area contributed by atoms with Gasteiger partial charge in [-0.3, -0.25) is 9.59 Å². The normalized spacial score (nSPS) is 9.82. The van der Waals surface area contributed by atoms with Gasteiger partial charge in [0.05, 0.1) is 11.6 Å². The van der Waals surface area contributed by atoms with Crippen molar-refractivity contribution in [1.29, 1.82) is 0 Å². The lowest BCUT2D eigenvalue weighted by atomic mass is 10.1. The van der Waals surface area contributed by atoms with Gasteiger partial charge in [0, 0.05) is 5.56 Å². The van der Waals surface area contributed by atoms with Crippen molar-refractivity contribution >= 4 is 27.8 Å². The Balaban J connectivity index is 2.97. The molecule has 17 heavy (non-hydrogen) atoms. The standard InChI is InChI=1S/C11H12BrNO4/c1-6-3-8(12)9(17-2)4-7(6)11(16)13-5-10(14)15/h3-4H,5H2,1-2H3,(H,13,16)(H,14,15). The zero-order valence-corrected chi connectivity index (χ0v) is 11.0. The quantitative estimate of drug-likeness (QED) is 0.885. The second-order valence-electron chi connectivity index (χ2n) is 3.38. The number of carbonyl (C=O) groups is 2. The summed E-state index contributed by atoms with van der Waals surface area (Å²) in [6, 6.07) is 3.31. The van der Waals surface area contributed by atoms with Gasteiger partial charge in [0.15, 0.2) is 0 Å². The molecule has 0 saturated heterocycles. The third kappa shape index (κ3) is 3.45. The summed E-state index contributed by atoms with van der Waals surface area (Å²) in [6.07, 6.45) is 0. The second kappa shape index (κ2) is 5.67. The SMILES string of the molecule is COc1cc(C(=O)NCC(=O)O)c(C)cc1Br. The highest BCUT2D eigenvalue weighted by molar-refractivity contribution is 9.10. The Morgan fingerprint density at radius 3 is 2.65 bits per heavy atom. The minimum Gasteiger partial charge on any atom is -0.496 e. The molecule has 0 heterocycles. The fourth-order valence-electron chi connectivity index (χ4n) is 1.31. The minimum atomic E-state index is -1.08. The van der Waals surface area contributed by atoms with Crippen LogP contribution in [0.3, 0.4) is 0 Å². The molecule has 92 valence electrons. The maximum absolute atomic E-state index is 11.7. The number of rotatable bonds is 4. The molecule has 1 aromatic rings. The van der Waals surface area contributed by atoms with E-state index >= 15 is 0 Å². The van der Waals surface area contributed by atoms with Crippen LogP contribution in [0, 0.1) is 6.92 Å². The second-order valence-corrected chi connectivity index (χ2v) is 4.23. The largest absolute Gasteiger partial charge is 0.496 e. The molecule has 6 heteroatoms. The van der Waals surface area contributed by atoms with E-state index in [0.717, 1.165) is 10.0 Å². The maximum atomic E-state index is 11.7. The van der Waals surface area contributed by atoms with Gasteiger partial charge in [0.25, 0.3) is 5.91 Å². The molecule has 2 N–H and O–H groups in total. The highest BCUT2D eigenvalue weighted by atomic mass is 79.9. The summed E-state index contributed by atoms with van der Waals surface area (Å²) in [7, 11) is 1.49. The number of nitrogens with one attached hydrogen (secondary N) is 1. The highest BCUT2D eigenvalue weighted by Gasteiger charge is 2.13. The Hall–Kier alpha value is -1.56. The van der Waals surface area contributed by atoms with E-state index < -0.39 is 18.4 Å². The molecule has 0 bridgehead atoms. The number of aliphatic carboxylic acids is 1. The van der Waals surface area contributed by atoms with Crippen LogP contribution in [0.2, 0.25) is 0 Å². The molecule has 0 aliphatic carbocycles. The van der Waals surface area contributed by atoms with E-state index in [0.29, 0.717) is 11.3 Å². The fraction of sp³-hybridized carbons (Fsp3) is 0.273. The first-order valence-corrected chi connectivity index (χ1v) is 5.59. The Labute approximate surface area is 107 Å². The molecule has 0 saturated carbocycles. The lowest BCUT2D eigenvalue weighted by molar-refractivity contribution is -0.135. The Bertz CT molecular complexity index is 459. The molecule has 0 aromatic heterocycles. The summed E-state index contributed by atoms with van der Waals surface area (Å²) < 4.78 is 5.82. The van der Waals surface area contributed by atoms with Crippen molar-refractivity contribution < 1.29 is 19.4 Å². The van der Waals surface area contributed by atoms with Crippen LogP contribution in [-0.2, 0) is 4.79 Å². The fourth-order valence-corrected chi connectivity index (χ4v) is 1.92. The molecular weight excluding hydrogens is 290 g/mol. The van der Waals surface area contributed by atoms with Gasteiger partial charge in [-0.1, -0.05) is 0 Å². The average molecular weight is 302 g/mol. The smallest absolute Gasteiger partial charge is 0.322 e.